The van der Waals surface area contributed by atoms with Crippen molar-refractivity contribution >= 4 is 11.9 Å². The number of nitrogens with one attached hydrogen (secondary N) is 1. The van der Waals surface area contributed by atoms with E-state index in [4.69, 9.17) is 5.11 Å². The summed E-state index contributed by atoms with van der Waals surface area (Å²) in [6, 6.07) is 0. The molecule has 35 heavy (non-hydrogen) atoms. The fraction of sp³-hybridized carbons (Fsp3) is 0.929. The van der Waals surface area contributed by atoms with E-state index in [-0.39, 0.29) is 76.7 Å². The zero-order chi connectivity index (χ0) is 25.9. The first kappa shape index (κ1) is 26.9. The van der Waals surface area contributed by atoms with E-state index in [0.29, 0.717) is 12.8 Å². The molecule has 0 aliphatic heterocycles. The van der Waals surface area contributed by atoms with E-state index in [2.05, 4.69) is 33.0 Å². The van der Waals surface area contributed by atoms with Gasteiger partial charge in [0.1, 0.15) is 6.54 Å². The van der Waals surface area contributed by atoms with Crippen LogP contribution in [0.25, 0.3) is 0 Å². The van der Waals surface area contributed by atoms with Gasteiger partial charge in [0.2, 0.25) is 5.91 Å². The number of carbonyl (C=O) groups is 2. The summed E-state index contributed by atoms with van der Waals surface area (Å²) < 4.78 is 0. The second-order valence-electron chi connectivity index (χ2n) is 13.2. The lowest BCUT2D eigenvalue weighted by molar-refractivity contribution is -0.225. The Hall–Kier alpha value is -1.18. The largest absolute Gasteiger partial charge is 0.480 e. The first-order valence-corrected chi connectivity index (χ1v) is 13.9. The van der Waals surface area contributed by atoms with Gasteiger partial charge in [-0.2, -0.15) is 0 Å². The fourth-order valence-corrected chi connectivity index (χ4v) is 9.75. The third-order valence-electron chi connectivity index (χ3n) is 11.6. The summed E-state index contributed by atoms with van der Waals surface area (Å²) in [4.78, 5) is 23.2. The molecule has 0 aromatic carbocycles. The molecule has 7 heteroatoms. The average molecular weight is 494 g/mol. The highest BCUT2D eigenvalue weighted by Crippen LogP contribution is 2.69. The van der Waals surface area contributed by atoms with Crippen LogP contribution in [0.2, 0.25) is 0 Å². The van der Waals surface area contributed by atoms with Crippen molar-refractivity contribution < 1.29 is 30.0 Å². The minimum absolute atomic E-state index is 0.0330. The summed E-state index contributed by atoms with van der Waals surface area (Å²) in [6.45, 7) is 10.4. The summed E-state index contributed by atoms with van der Waals surface area (Å²) in [5.74, 6) is -0.0714. The Morgan fingerprint density at radius 3 is 2.34 bits per heavy atom. The number of hydrogen-bond acceptors (Lipinski definition) is 5. The van der Waals surface area contributed by atoms with Gasteiger partial charge in [0.25, 0.3) is 0 Å². The van der Waals surface area contributed by atoms with Crippen LogP contribution in [0.1, 0.15) is 79.6 Å². The highest BCUT2D eigenvalue weighted by atomic mass is 16.4. The maximum atomic E-state index is 12.4. The van der Waals surface area contributed by atoms with Gasteiger partial charge in [-0.25, -0.2) is 0 Å². The van der Waals surface area contributed by atoms with Gasteiger partial charge in [-0.3, -0.25) is 9.59 Å². The fourth-order valence-electron chi connectivity index (χ4n) is 9.75. The Bertz CT molecular complexity index is 819. The molecule has 0 radical (unpaired) electrons. The number of amides is 1. The molecule has 0 saturated heterocycles. The second kappa shape index (κ2) is 9.60. The number of aliphatic carboxylic acids is 1. The molecule has 13 atom stereocenters. The molecule has 0 heterocycles. The van der Waals surface area contributed by atoms with Crippen LogP contribution in [0.4, 0.5) is 0 Å². The summed E-state index contributed by atoms with van der Waals surface area (Å²) in [5, 5.41) is 45.1. The van der Waals surface area contributed by atoms with Gasteiger partial charge in [0.15, 0.2) is 0 Å². The zero-order valence-corrected chi connectivity index (χ0v) is 22.1. The summed E-state index contributed by atoms with van der Waals surface area (Å²) in [7, 11) is 0. The minimum atomic E-state index is -1.05. The van der Waals surface area contributed by atoms with E-state index in [0.717, 1.165) is 32.1 Å². The predicted molar refractivity (Wildman–Crippen MR) is 132 cm³/mol. The molecule has 4 unspecified atom stereocenters. The number of fused-ring (bicyclic) bond motifs is 5. The van der Waals surface area contributed by atoms with Crippen LogP contribution in [0, 0.1) is 58.2 Å². The molecule has 7 nitrogen and oxygen atoms in total. The molecule has 0 aromatic heterocycles. The molecular weight excluding hydrogens is 446 g/mol. The van der Waals surface area contributed by atoms with Crippen molar-refractivity contribution in [1.29, 1.82) is 0 Å². The molecular formula is C28H47NO6. The lowest BCUT2D eigenvalue weighted by Gasteiger charge is -2.65. The molecule has 4 rings (SSSR count). The third-order valence-corrected chi connectivity index (χ3v) is 11.6. The van der Waals surface area contributed by atoms with Crippen LogP contribution < -0.4 is 5.32 Å². The number of rotatable bonds is 6. The number of aliphatic hydroxyl groups is 3. The van der Waals surface area contributed by atoms with Crippen molar-refractivity contribution in [3.05, 3.63) is 0 Å². The second-order valence-corrected chi connectivity index (χ2v) is 13.2. The molecule has 0 spiro atoms. The quantitative estimate of drug-likeness (QED) is 0.387. The topological polar surface area (TPSA) is 127 Å². The van der Waals surface area contributed by atoms with Crippen LogP contribution in [0.5, 0.6) is 0 Å². The summed E-state index contributed by atoms with van der Waals surface area (Å²) >= 11 is 0. The first-order valence-electron chi connectivity index (χ1n) is 13.9. The molecule has 4 saturated carbocycles. The van der Waals surface area contributed by atoms with Crippen LogP contribution >= 0.6 is 0 Å². The van der Waals surface area contributed by atoms with Crippen LogP contribution in [0.3, 0.4) is 0 Å². The van der Waals surface area contributed by atoms with Crippen molar-refractivity contribution in [3.63, 3.8) is 0 Å². The van der Waals surface area contributed by atoms with E-state index in [1.54, 1.807) is 0 Å². The summed E-state index contributed by atoms with van der Waals surface area (Å²) in [6.07, 6.45) is 4.65. The third kappa shape index (κ3) is 4.33. The van der Waals surface area contributed by atoms with E-state index in [9.17, 15) is 24.9 Å². The van der Waals surface area contributed by atoms with Gasteiger partial charge in [-0.1, -0.05) is 34.6 Å². The molecule has 1 amide bonds. The Morgan fingerprint density at radius 2 is 1.69 bits per heavy atom. The number of carboxylic acid groups (broad SMARTS) is 1. The molecule has 0 bridgehead atoms. The van der Waals surface area contributed by atoms with Gasteiger partial charge >= 0.3 is 5.97 Å². The van der Waals surface area contributed by atoms with Gasteiger partial charge < -0.3 is 25.7 Å². The van der Waals surface area contributed by atoms with E-state index in [1.807, 2.05) is 6.92 Å². The normalized spacial score (nSPS) is 48.7. The van der Waals surface area contributed by atoms with Crippen LogP contribution in [0.15, 0.2) is 0 Å². The zero-order valence-electron chi connectivity index (χ0n) is 22.1. The monoisotopic (exact) mass is 493 g/mol. The number of hydrogen-bond donors (Lipinski definition) is 5. The summed E-state index contributed by atoms with van der Waals surface area (Å²) in [5.41, 5.74) is -0.277. The maximum Gasteiger partial charge on any atom is 0.322 e. The SMILES string of the molecule is C[C@H](C[C@H](C)C(=O)NCC(=O)O)[C@H]1CCC2C3C(C[C@H](O)[C@@]21C)[C@@]1(C)CC[C@@H](O)CC1[C@@H](C)[C@@H]3O. The van der Waals surface area contributed by atoms with Crippen LogP contribution in [-0.2, 0) is 9.59 Å². The molecule has 0 aromatic rings. The predicted octanol–water partition coefficient (Wildman–Crippen LogP) is 3.06. The van der Waals surface area contributed by atoms with Gasteiger partial charge in [-0.05, 0) is 97.2 Å². The number of aliphatic hydroxyl groups excluding tert-OH is 3. The van der Waals surface area contributed by atoms with E-state index in [1.165, 1.54) is 0 Å². The van der Waals surface area contributed by atoms with Crippen molar-refractivity contribution in [2.24, 2.45) is 58.2 Å². The lowest BCUT2D eigenvalue weighted by atomic mass is 9.41. The Morgan fingerprint density at radius 1 is 1.00 bits per heavy atom. The van der Waals surface area contributed by atoms with E-state index >= 15 is 0 Å². The number of carbonyl (C=O) groups excluding carboxylic acids is 1. The van der Waals surface area contributed by atoms with Gasteiger partial charge in [0.05, 0.1) is 18.3 Å². The Balaban J connectivity index is 1.54. The van der Waals surface area contributed by atoms with Gasteiger partial charge in [0, 0.05) is 5.92 Å². The molecule has 4 fully saturated rings. The standard InChI is InChI=1S/C28H47NO6/c1-14(10-15(2)26(35)29-13-23(32)33)18-6-7-19-24-21(12-22(31)28(18,19)5)27(4)9-8-17(30)11-20(27)16(3)25(24)34/h14-22,24-25,30-31,34H,6-13H2,1-5H3,(H,29,35)(H,32,33)/t14-,15+,16-,17-,18-,19?,20?,21?,22+,24?,25+,27+,28-/m1/s1. The number of carboxylic acids is 1. The lowest BCUT2D eigenvalue weighted by Crippen LogP contribution is -2.64. The molecule has 5 N–H and O–H groups in total. The highest BCUT2D eigenvalue weighted by molar-refractivity contribution is 5.82. The first-order chi connectivity index (χ1) is 16.3. The van der Waals surface area contributed by atoms with Gasteiger partial charge in [-0.15, -0.1) is 0 Å². The Labute approximate surface area is 210 Å². The smallest absolute Gasteiger partial charge is 0.322 e. The molecule has 4 aliphatic carbocycles. The Kier molecular flexibility index (Phi) is 7.37. The van der Waals surface area contributed by atoms with Crippen molar-refractivity contribution in [1.82, 2.24) is 5.32 Å². The van der Waals surface area contributed by atoms with Crippen molar-refractivity contribution in [2.45, 2.75) is 97.9 Å². The molecule has 4 aliphatic rings. The van der Waals surface area contributed by atoms with E-state index < -0.39 is 18.2 Å². The van der Waals surface area contributed by atoms with Crippen LogP contribution in [-0.4, -0.2) is 57.2 Å². The highest BCUT2D eigenvalue weighted by Gasteiger charge is 2.67. The maximum absolute atomic E-state index is 12.4. The average Bonchev–Trinajstić information content (AvgIpc) is 3.16. The molecule has 200 valence electrons. The minimum Gasteiger partial charge on any atom is -0.480 e. The van der Waals surface area contributed by atoms with Crippen molar-refractivity contribution in [2.75, 3.05) is 6.54 Å². The van der Waals surface area contributed by atoms with Crippen molar-refractivity contribution in [3.8, 4) is 0 Å².